The van der Waals surface area contributed by atoms with Crippen LogP contribution in [0.3, 0.4) is 0 Å². The summed E-state index contributed by atoms with van der Waals surface area (Å²) in [4.78, 5) is 28.3. The first kappa shape index (κ1) is 25.9. The number of urea groups is 1. The third-order valence-electron chi connectivity index (χ3n) is 6.26. The number of fused-ring (bicyclic) bond motifs is 1. The van der Waals surface area contributed by atoms with E-state index in [4.69, 9.17) is 9.84 Å². The summed E-state index contributed by atoms with van der Waals surface area (Å²) < 4.78 is 7.71. The number of benzene rings is 2. The van der Waals surface area contributed by atoms with Crippen LogP contribution in [0.2, 0.25) is 0 Å². The molecule has 200 valence electrons. The highest BCUT2D eigenvalue weighted by Gasteiger charge is 2.18. The number of aromatic nitrogens is 3. The highest BCUT2D eigenvalue weighted by atomic mass is 16.5. The van der Waals surface area contributed by atoms with Crippen molar-refractivity contribution >= 4 is 29.1 Å². The van der Waals surface area contributed by atoms with Gasteiger partial charge in [-0.1, -0.05) is 12.1 Å². The molecule has 0 atom stereocenters. The number of pyridine rings is 1. The molecule has 4 N–H and O–H groups in total. The summed E-state index contributed by atoms with van der Waals surface area (Å²) >= 11 is 0. The molecule has 2 aromatic carbocycles. The average molecular weight is 526 g/mol. The van der Waals surface area contributed by atoms with Gasteiger partial charge in [0.2, 0.25) is 5.91 Å². The van der Waals surface area contributed by atoms with Gasteiger partial charge in [0.05, 0.1) is 5.69 Å². The van der Waals surface area contributed by atoms with Gasteiger partial charge in [-0.3, -0.25) is 9.48 Å². The summed E-state index contributed by atoms with van der Waals surface area (Å²) in [6.45, 7) is 7.34. The number of anilines is 3. The Bertz CT molecular complexity index is 1500. The van der Waals surface area contributed by atoms with E-state index in [0.717, 1.165) is 30.8 Å². The Hall–Kier alpha value is -4.70. The highest BCUT2D eigenvalue weighted by Crippen LogP contribution is 2.31. The van der Waals surface area contributed by atoms with Crippen molar-refractivity contribution < 1.29 is 14.3 Å². The van der Waals surface area contributed by atoms with Crippen LogP contribution in [0, 0.1) is 0 Å². The fraction of sp³-hybridized carbons (Fsp3) is 0.241. The maximum atomic E-state index is 12.9. The number of carbonyl (C=O) groups excluding carboxylic acids is 2. The van der Waals surface area contributed by atoms with Gasteiger partial charge < -0.3 is 26.0 Å². The molecule has 1 aliphatic rings. The summed E-state index contributed by atoms with van der Waals surface area (Å²) in [5, 5.41) is 16.6. The minimum absolute atomic E-state index is 0.145. The van der Waals surface area contributed by atoms with Crippen molar-refractivity contribution in [2.45, 2.75) is 39.8 Å². The molecular formula is C29H31N7O3. The summed E-state index contributed by atoms with van der Waals surface area (Å²) in [6, 6.07) is 16.5. The lowest BCUT2D eigenvalue weighted by Crippen LogP contribution is -2.23. The van der Waals surface area contributed by atoms with E-state index in [2.05, 4.69) is 58.3 Å². The molecule has 0 radical (unpaired) electrons. The smallest absolute Gasteiger partial charge is 0.323 e. The van der Waals surface area contributed by atoms with Gasteiger partial charge in [0.1, 0.15) is 23.0 Å². The second-order valence-corrected chi connectivity index (χ2v) is 9.64. The quantitative estimate of drug-likeness (QED) is 0.250. The molecule has 10 nitrogen and oxygen atoms in total. The monoisotopic (exact) mass is 525 g/mol. The van der Waals surface area contributed by atoms with E-state index in [-0.39, 0.29) is 18.0 Å². The highest BCUT2D eigenvalue weighted by molar-refractivity contribution is 6.01. The number of amides is 3. The molecule has 0 aliphatic carbocycles. The zero-order valence-corrected chi connectivity index (χ0v) is 22.1. The van der Waals surface area contributed by atoms with Crippen molar-refractivity contribution in [1.29, 1.82) is 0 Å². The van der Waals surface area contributed by atoms with Gasteiger partial charge in [0, 0.05) is 49.2 Å². The number of hydrogen-bond donors (Lipinski definition) is 4. The predicted octanol–water partition coefficient (Wildman–Crippen LogP) is 5.57. The molecule has 0 fully saturated rings. The summed E-state index contributed by atoms with van der Waals surface area (Å²) in [7, 11) is 0. The molecule has 0 unspecified atom stereocenters. The Labute approximate surface area is 226 Å². The molecule has 1 aliphatic heterocycles. The van der Waals surface area contributed by atoms with Gasteiger partial charge in [-0.15, -0.1) is 0 Å². The molecule has 5 rings (SSSR count). The number of ether oxygens (including phenoxy) is 1. The lowest BCUT2D eigenvalue weighted by atomic mass is 9.97. The first-order valence-corrected chi connectivity index (χ1v) is 12.9. The Morgan fingerprint density at radius 3 is 2.56 bits per heavy atom. The molecule has 0 saturated heterocycles. The van der Waals surface area contributed by atoms with Crippen LogP contribution in [-0.2, 0) is 17.8 Å². The number of carbonyl (C=O) groups is 2. The van der Waals surface area contributed by atoms with Crippen LogP contribution in [0.5, 0.6) is 11.5 Å². The number of hydrogen-bond acceptors (Lipinski definition) is 6. The van der Waals surface area contributed by atoms with Crippen molar-refractivity contribution in [3.63, 3.8) is 0 Å². The SMILES string of the molecule is CC(=O)Nc1cc(Oc2ccc(NC(=O)Nc3cn(C(C)C)nc3-c3ccc4c(c3)CCNC4)cc2)ccn1. The Balaban J connectivity index is 1.27. The molecule has 0 bridgehead atoms. The number of rotatable bonds is 7. The van der Waals surface area contributed by atoms with E-state index in [9.17, 15) is 9.59 Å². The van der Waals surface area contributed by atoms with Crippen molar-refractivity contribution in [3.8, 4) is 22.8 Å². The van der Waals surface area contributed by atoms with Crippen LogP contribution in [-0.4, -0.2) is 33.2 Å². The topological polar surface area (TPSA) is 122 Å². The van der Waals surface area contributed by atoms with Gasteiger partial charge in [0.15, 0.2) is 0 Å². The fourth-order valence-electron chi connectivity index (χ4n) is 4.34. The maximum Gasteiger partial charge on any atom is 0.323 e. The molecule has 0 spiro atoms. The molecule has 4 aromatic rings. The van der Waals surface area contributed by atoms with E-state index < -0.39 is 0 Å². The molecular weight excluding hydrogens is 494 g/mol. The van der Waals surface area contributed by atoms with Crippen molar-refractivity contribution in [3.05, 3.63) is 78.1 Å². The maximum absolute atomic E-state index is 12.9. The first-order valence-electron chi connectivity index (χ1n) is 12.9. The third kappa shape index (κ3) is 6.42. The van der Waals surface area contributed by atoms with E-state index in [1.54, 1.807) is 42.6 Å². The normalized spacial score (nSPS) is 12.5. The van der Waals surface area contributed by atoms with Crippen LogP contribution < -0.4 is 26.0 Å². The zero-order valence-electron chi connectivity index (χ0n) is 22.1. The molecule has 39 heavy (non-hydrogen) atoms. The van der Waals surface area contributed by atoms with Gasteiger partial charge in [0.25, 0.3) is 0 Å². The zero-order chi connectivity index (χ0) is 27.4. The lowest BCUT2D eigenvalue weighted by molar-refractivity contribution is -0.114. The van der Waals surface area contributed by atoms with Gasteiger partial charge >= 0.3 is 6.03 Å². The van der Waals surface area contributed by atoms with Gasteiger partial charge in [-0.25, -0.2) is 9.78 Å². The molecule has 10 heteroatoms. The van der Waals surface area contributed by atoms with Crippen molar-refractivity contribution in [1.82, 2.24) is 20.1 Å². The van der Waals surface area contributed by atoms with Crippen molar-refractivity contribution in [2.75, 3.05) is 22.5 Å². The Kier molecular flexibility index (Phi) is 7.55. The minimum Gasteiger partial charge on any atom is -0.457 e. The lowest BCUT2D eigenvalue weighted by Gasteiger charge is -2.17. The predicted molar refractivity (Wildman–Crippen MR) is 151 cm³/mol. The average Bonchev–Trinajstić information content (AvgIpc) is 3.33. The third-order valence-corrected chi connectivity index (χ3v) is 6.26. The van der Waals surface area contributed by atoms with E-state index in [1.807, 2.05) is 10.9 Å². The first-order chi connectivity index (χ1) is 18.8. The molecule has 0 saturated carbocycles. The minimum atomic E-state index is -0.371. The second-order valence-electron chi connectivity index (χ2n) is 9.64. The second kappa shape index (κ2) is 11.4. The fourth-order valence-corrected chi connectivity index (χ4v) is 4.34. The summed E-state index contributed by atoms with van der Waals surface area (Å²) in [5.74, 6) is 1.30. The molecule has 3 heterocycles. The van der Waals surface area contributed by atoms with Crippen LogP contribution in [0.15, 0.2) is 67.0 Å². The van der Waals surface area contributed by atoms with E-state index in [1.165, 1.54) is 18.1 Å². The Morgan fingerprint density at radius 2 is 1.79 bits per heavy atom. The van der Waals surface area contributed by atoms with Crippen LogP contribution in [0.4, 0.5) is 22.0 Å². The summed E-state index contributed by atoms with van der Waals surface area (Å²) in [5.41, 5.74) is 5.56. The van der Waals surface area contributed by atoms with Crippen molar-refractivity contribution in [2.24, 2.45) is 0 Å². The Morgan fingerprint density at radius 1 is 0.974 bits per heavy atom. The number of nitrogens with zero attached hydrogens (tertiary/aromatic N) is 3. The molecule has 2 aromatic heterocycles. The molecule has 3 amide bonds. The largest absolute Gasteiger partial charge is 0.457 e. The van der Waals surface area contributed by atoms with Crippen LogP contribution >= 0.6 is 0 Å². The number of nitrogens with one attached hydrogen (secondary N) is 4. The van der Waals surface area contributed by atoms with Crippen LogP contribution in [0.1, 0.15) is 37.9 Å². The van der Waals surface area contributed by atoms with Gasteiger partial charge in [-0.2, -0.15) is 5.10 Å². The summed E-state index contributed by atoms with van der Waals surface area (Å²) in [6.07, 6.45) is 4.38. The standard InChI is InChI=1S/C29H31N7O3/c1-18(2)36-17-26(28(35-36)21-4-5-22-16-30-12-10-20(22)14-21)34-29(38)33-23-6-8-24(9-7-23)39-25-11-13-31-27(15-25)32-19(3)37/h4-9,11,13-15,17-18,30H,10,12,16H2,1-3H3,(H,31,32,37)(H2,33,34,38). The van der Waals surface area contributed by atoms with Crippen LogP contribution in [0.25, 0.3) is 11.3 Å². The van der Waals surface area contributed by atoms with Gasteiger partial charge in [-0.05, 0) is 74.3 Å². The van der Waals surface area contributed by atoms with E-state index >= 15 is 0 Å². The van der Waals surface area contributed by atoms with E-state index in [0.29, 0.717) is 28.7 Å².